The normalized spacial score (nSPS) is 31.3. The van der Waals surface area contributed by atoms with E-state index in [-0.39, 0.29) is 12.0 Å². The molecule has 4 aliphatic rings. The van der Waals surface area contributed by atoms with E-state index in [0.29, 0.717) is 18.4 Å². The number of nitriles is 1. The number of hydrazine groups is 1. The molecule has 41 heavy (non-hydrogen) atoms. The fraction of sp³-hybridized carbons (Fsp3) is 0.848. The van der Waals surface area contributed by atoms with Crippen molar-refractivity contribution >= 4 is 0 Å². The highest BCUT2D eigenvalue weighted by Gasteiger charge is 2.68. The minimum Gasteiger partial charge on any atom is -0.392 e. The Labute approximate surface area is 249 Å². The SMILES string of the molecule is C=C(CC12CC3CC(C)CC(OCCCCCN/C=C(/CNCCCCC(O)CC#N)NN)(C1)C2C3)N1CCCC1. The summed E-state index contributed by atoms with van der Waals surface area (Å²) in [6.45, 7) is 12.8. The molecule has 0 amide bonds. The molecular weight excluding hydrogens is 512 g/mol. The number of likely N-dealkylation sites (tertiary alicyclic amines) is 1. The molecule has 6 unspecified atom stereocenters. The van der Waals surface area contributed by atoms with Gasteiger partial charge in [0.2, 0.25) is 0 Å². The first-order chi connectivity index (χ1) is 19.9. The molecule has 6 atom stereocenters. The molecule has 3 saturated carbocycles. The quantitative estimate of drug-likeness (QED) is 0.0813. The van der Waals surface area contributed by atoms with Crippen LogP contribution in [0.5, 0.6) is 0 Å². The van der Waals surface area contributed by atoms with E-state index < -0.39 is 6.10 Å². The molecule has 2 bridgehead atoms. The number of nitrogens with one attached hydrogen (secondary N) is 3. The third kappa shape index (κ3) is 8.63. The van der Waals surface area contributed by atoms with Crippen LogP contribution >= 0.6 is 0 Å². The highest BCUT2D eigenvalue weighted by atomic mass is 16.5. The van der Waals surface area contributed by atoms with Crippen molar-refractivity contribution in [2.24, 2.45) is 29.0 Å². The van der Waals surface area contributed by atoms with Gasteiger partial charge in [-0.1, -0.05) is 13.5 Å². The molecule has 1 heterocycles. The summed E-state index contributed by atoms with van der Waals surface area (Å²) in [4.78, 5) is 2.57. The molecule has 3 aliphatic carbocycles. The summed E-state index contributed by atoms with van der Waals surface area (Å²) in [5.74, 6) is 8.10. The highest BCUT2D eigenvalue weighted by Crippen LogP contribution is 2.72. The van der Waals surface area contributed by atoms with Crippen molar-refractivity contribution < 1.29 is 9.84 Å². The number of nitrogens with zero attached hydrogens (tertiary/aromatic N) is 2. The van der Waals surface area contributed by atoms with E-state index >= 15 is 0 Å². The van der Waals surface area contributed by atoms with Crippen LogP contribution in [0.4, 0.5) is 0 Å². The van der Waals surface area contributed by atoms with E-state index in [1.54, 1.807) is 0 Å². The molecule has 8 heteroatoms. The van der Waals surface area contributed by atoms with Gasteiger partial charge in [0.15, 0.2) is 0 Å². The standard InChI is InChI=1S/C33H58N6O2/c1-26-18-28-19-31-32(22-28,21-27(2)39-15-7-8-16-39)25-33(31,20-26)41-17-9-3-5-13-36-23-29(38-35)24-37-14-6-4-10-30(40)11-12-34/h23,26,28,30-31,36-38,40H,2-11,13-22,24-25,35H2,1H3/b29-23-. The Morgan fingerprint density at radius 2 is 1.98 bits per heavy atom. The van der Waals surface area contributed by atoms with Crippen LogP contribution in [0.3, 0.4) is 0 Å². The molecule has 0 aromatic heterocycles. The van der Waals surface area contributed by atoms with E-state index in [0.717, 1.165) is 75.3 Å². The first-order valence-corrected chi connectivity index (χ1v) is 16.6. The number of hydrogen-bond acceptors (Lipinski definition) is 8. The zero-order chi connectivity index (χ0) is 29.1. The second-order valence-corrected chi connectivity index (χ2v) is 13.8. The van der Waals surface area contributed by atoms with Gasteiger partial charge in [-0.25, -0.2) is 0 Å². The molecule has 0 aromatic carbocycles. The van der Waals surface area contributed by atoms with Gasteiger partial charge in [0.05, 0.1) is 29.9 Å². The molecule has 232 valence electrons. The summed E-state index contributed by atoms with van der Waals surface area (Å²) in [6, 6.07) is 2.01. The van der Waals surface area contributed by atoms with Gasteiger partial charge in [-0.15, -0.1) is 0 Å². The van der Waals surface area contributed by atoms with Crippen molar-refractivity contribution in [1.82, 2.24) is 21.0 Å². The number of fused-ring (bicyclic) bond motifs is 1. The molecule has 8 nitrogen and oxygen atoms in total. The van der Waals surface area contributed by atoms with Gasteiger partial charge < -0.3 is 30.8 Å². The lowest BCUT2D eigenvalue weighted by atomic mass is 9.48. The lowest BCUT2D eigenvalue weighted by molar-refractivity contribution is -0.223. The maximum Gasteiger partial charge on any atom is 0.0724 e. The maximum absolute atomic E-state index is 9.60. The summed E-state index contributed by atoms with van der Waals surface area (Å²) in [5.41, 5.74) is 5.69. The third-order valence-electron chi connectivity index (χ3n) is 10.4. The van der Waals surface area contributed by atoms with Crippen LogP contribution in [-0.4, -0.2) is 61.0 Å². The zero-order valence-electron chi connectivity index (χ0n) is 25.8. The number of rotatable bonds is 20. The third-order valence-corrected chi connectivity index (χ3v) is 10.4. The zero-order valence-corrected chi connectivity index (χ0v) is 25.8. The van der Waals surface area contributed by atoms with Crippen molar-refractivity contribution in [2.45, 2.75) is 115 Å². The predicted octanol–water partition coefficient (Wildman–Crippen LogP) is 4.69. The first-order valence-electron chi connectivity index (χ1n) is 16.6. The van der Waals surface area contributed by atoms with Gasteiger partial charge in [0, 0.05) is 44.7 Å². The molecule has 0 spiro atoms. The summed E-state index contributed by atoms with van der Waals surface area (Å²) in [5, 5.41) is 25.0. The van der Waals surface area contributed by atoms with Crippen LogP contribution in [0.2, 0.25) is 0 Å². The summed E-state index contributed by atoms with van der Waals surface area (Å²) in [7, 11) is 0. The van der Waals surface area contributed by atoms with Crippen molar-refractivity contribution in [2.75, 3.05) is 39.3 Å². The van der Waals surface area contributed by atoms with Crippen LogP contribution < -0.4 is 21.9 Å². The van der Waals surface area contributed by atoms with Crippen molar-refractivity contribution in [3.05, 3.63) is 24.2 Å². The average molecular weight is 571 g/mol. The molecule has 6 N–H and O–H groups in total. The minimum atomic E-state index is -0.500. The Balaban J connectivity index is 1.09. The van der Waals surface area contributed by atoms with Crippen molar-refractivity contribution in [1.29, 1.82) is 5.26 Å². The Kier molecular flexibility index (Phi) is 12.2. The second-order valence-electron chi connectivity index (χ2n) is 13.8. The van der Waals surface area contributed by atoms with Gasteiger partial charge in [-0.05, 0) is 120 Å². The molecular formula is C33H58N6O2. The summed E-state index contributed by atoms with van der Waals surface area (Å²) >= 11 is 0. The summed E-state index contributed by atoms with van der Waals surface area (Å²) < 4.78 is 6.87. The van der Waals surface area contributed by atoms with Crippen molar-refractivity contribution in [3.63, 3.8) is 0 Å². The number of unbranched alkanes of at least 4 members (excludes halogenated alkanes) is 3. The van der Waals surface area contributed by atoms with Gasteiger partial charge in [0.25, 0.3) is 0 Å². The largest absolute Gasteiger partial charge is 0.392 e. The average Bonchev–Trinajstić information content (AvgIpc) is 3.55. The van der Waals surface area contributed by atoms with Gasteiger partial charge in [-0.2, -0.15) is 5.26 Å². The second kappa shape index (κ2) is 15.6. The van der Waals surface area contributed by atoms with Crippen molar-refractivity contribution in [3.8, 4) is 6.07 Å². The minimum absolute atomic E-state index is 0.127. The number of ether oxygens (including phenoxy) is 1. The molecule has 1 aliphatic heterocycles. The topological polar surface area (TPSA) is 119 Å². The van der Waals surface area contributed by atoms with E-state index in [4.69, 9.17) is 15.8 Å². The number of hydrogen-bond donors (Lipinski definition) is 5. The Bertz CT molecular complexity index is 899. The van der Waals surface area contributed by atoms with Crippen LogP contribution in [-0.2, 0) is 4.74 Å². The smallest absolute Gasteiger partial charge is 0.0724 e. The first kappa shape index (κ1) is 32.1. The number of allylic oxidation sites excluding steroid dienone is 1. The van der Waals surface area contributed by atoms with Crippen LogP contribution in [0.15, 0.2) is 24.2 Å². The Morgan fingerprint density at radius 3 is 2.76 bits per heavy atom. The molecule has 4 fully saturated rings. The predicted molar refractivity (Wildman–Crippen MR) is 165 cm³/mol. The molecule has 1 saturated heterocycles. The fourth-order valence-electron chi connectivity index (χ4n) is 8.78. The lowest BCUT2D eigenvalue weighted by Gasteiger charge is -2.61. The number of aliphatic hydroxyl groups excluding tert-OH is 1. The van der Waals surface area contributed by atoms with Gasteiger partial charge >= 0.3 is 0 Å². The molecule has 0 aromatic rings. The Morgan fingerprint density at radius 1 is 1.17 bits per heavy atom. The molecule has 0 radical (unpaired) electrons. The monoisotopic (exact) mass is 570 g/mol. The van der Waals surface area contributed by atoms with E-state index in [1.165, 1.54) is 70.2 Å². The fourth-order valence-corrected chi connectivity index (χ4v) is 8.78. The van der Waals surface area contributed by atoms with Crippen LogP contribution in [0, 0.1) is 34.5 Å². The van der Waals surface area contributed by atoms with E-state index in [2.05, 4.69) is 34.5 Å². The van der Waals surface area contributed by atoms with E-state index in [9.17, 15) is 5.11 Å². The molecule has 4 rings (SSSR count). The van der Waals surface area contributed by atoms with Gasteiger partial charge in [-0.3, -0.25) is 5.84 Å². The van der Waals surface area contributed by atoms with E-state index in [1.807, 2.05) is 12.3 Å². The summed E-state index contributed by atoms with van der Waals surface area (Å²) in [6.07, 6.45) is 18.2. The van der Waals surface area contributed by atoms with Crippen LogP contribution in [0.1, 0.15) is 103 Å². The van der Waals surface area contributed by atoms with Gasteiger partial charge in [0.1, 0.15) is 0 Å². The number of nitrogens with two attached hydrogens (primary N) is 1. The lowest BCUT2D eigenvalue weighted by Crippen LogP contribution is -2.61. The maximum atomic E-state index is 9.60. The Hall–Kier alpha value is -1.79. The highest BCUT2D eigenvalue weighted by molar-refractivity contribution is 5.21. The number of aliphatic hydroxyl groups is 1. The van der Waals surface area contributed by atoms with Crippen LogP contribution in [0.25, 0.3) is 0 Å².